The van der Waals surface area contributed by atoms with Crippen molar-refractivity contribution >= 4 is 11.7 Å². The number of carbonyl (C=O) groups is 1. The molecule has 0 saturated carbocycles. The van der Waals surface area contributed by atoms with E-state index in [1.165, 1.54) is 7.11 Å². The first-order valence-electron chi connectivity index (χ1n) is 3.84. The van der Waals surface area contributed by atoms with Crippen LogP contribution in [-0.4, -0.2) is 13.1 Å². The van der Waals surface area contributed by atoms with Crippen LogP contribution in [0.4, 0.5) is 5.69 Å². The molecule has 0 spiro atoms. The maximum atomic E-state index is 11.2. The second-order valence-electron chi connectivity index (χ2n) is 2.68. The molecule has 0 unspecified atom stereocenters. The van der Waals surface area contributed by atoms with Gasteiger partial charge < -0.3 is 10.2 Å². The van der Waals surface area contributed by atoms with Crippen LogP contribution in [0.3, 0.4) is 0 Å². The molecule has 1 aromatic rings. The second kappa shape index (κ2) is 3.91. The quantitative estimate of drug-likeness (QED) is 0.406. The predicted molar refractivity (Wildman–Crippen MR) is 50.3 cm³/mol. The number of hydrazine groups is 1. The number of hydrogen-bond acceptors (Lipinski definition) is 4. The summed E-state index contributed by atoms with van der Waals surface area (Å²) >= 11 is 0. The minimum absolute atomic E-state index is 0.395. The maximum Gasteiger partial charge on any atom is 0.340 e. The summed E-state index contributed by atoms with van der Waals surface area (Å²) < 4.78 is 4.58. The molecule has 0 aliphatic rings. The van der Waals surface area contributed by atoms with Gasteiger partial charge in [0, 0.05) is 0 Å². The highest BCUT2D eigenvalue weighted by molar-refractivity contribution is 5.95. The molecule has 0 bridgehead atoms. The summed E-state index contributed by atoms with van der Waals surface area (Å²) in [6.07, 6.45) is 0. The number of nitrogens with one attached hydrogen (secondary N) is 1. The monoisotopic (exact) mass is 180 g/mol. The van der Waals surface area contributed by atoms with E-state index in [1.807, 2.05) is 13.0 Å². The first kappa shape index (κ1) is 9.54. The maximum absolute atomic E-state index is 11.2. The Labute approximate surface area is 76.7 Å². The van der Waals surface area contributed by atoms with Gasteiger partial charge in [-0.1, -0.05) is 6.07 Å². The van der Waals surface area contributed by atoms with Crippen LogP contribution < -0.4 is 11.3 Å². The fourth-order valence-corrected chi connectivity index (χ4v) is 1.07. The zero-order chi connectivity index (χ0) is 9.84. The number of ether oxygens (including phenoxy) is 1. The Bertz CT molecular complexity index is 323. The van der Waals surface area contributed by atoms with Crippen LogP contribution in [0.25, 0.3) is 0 Å². The Morgan fingerprint density at radius 2 is 2.23 bits per heavy atom. The van der Waals surface area contributed by atoms with Crippen molar-refractivity contribution in [3.8, 4) is 0 Å². The summed E-state index contributed by atoms with van der Waals surface area (Å²) in [5, 5.41) is 0. The fraction of sp³-hybridized carbons (Fsp3) is 0.222. The van der Waals surface area contributed by atoms with E-state index in [0.29, 0.717) is 11.3 Å². The lowest BCUT2D eigenvalue weighted by atomic mass is 10.1. The van der Waals surface area contributed by atoms with Crippen molar-refractivity contribution in [2.24, 2.45) is 5.84 Å². The zero-order valence-corrected chi connectivity index (χ0v) is 7.63. The van der Waals surface area contributed by atoms with Crippen molar-refractivity contribution < 1.29 is 9.53 Å². The fourth-order valence-electron chi connectivity index (χ4n) is 1.07. The molecule has 3 N–H and O–H groups in total. The van der Waals surface area contributed by atoms with E-state index >= 15 is 0 Å². The predicted octanol–water partition coefficient (Wildman–Crippen LogP) is 1.07. The van der Waals surface area contributed by atoms with E-state index in [0.717, 1.165) is 5.56 Å². The van der Waals surface area contributed by atoms with Gasteiger partial charge in [0.05, 0.1) is 18.4 Å². The number of benzene rings is 1. The van der Waals surface area contributed by atoms with Gasteiger partial charge in [-0.15, -0.1) is 0 Å². The molecule has 0 amide bonds. The topological polar surface area (TPSA) is 64.3 Å². The molecule has 0 fully saturated rings. The number of hydrogen-bond donors (Lipinski definition) is 2. The second-order valence-corrected chi connectivity index (χ2v) is 2.68. The first-order valence-corrected chi connectivity index (χ1v) is 3.84. The average molecular weight is 180 g/mol. The SMILES string of the molecule is COC(=O)c1ccc(C)cc1NN. The molecule has 0 aromatic heterocycles. The van der Waals surface area contributed by atoms with Crippen molar-refractivity contribution in [1.29, 1.82) is 0 Å². The molecule has 0 atom stereocenters. The number of rotatable bonds is 2. The minimum Gasteiger partial charge on any atom is -0.465 e. The Kier molecular flexibility index (Phi) is 2.87. The van der Waals surface area contributed by atoms with Gasteiger partial charge in [0.25, 0.3) is 0 Å². The number of anilines is 1. The molecule has 0 radical (unpaired) electrons. The van der Waals surface area contributed by atoms with Gasteiger partial charge in [-0.2, -0.15) is 0 Å². The molecule has 1 aromatic carbocycles. The number of aryl methyl sites for hydroxylation is 1. The largest absolute Gasteiger partial charge is 0.465 e. The lowest BCUT2D eigenvalue weighted by Gasteiger charge is -2.07. The van der Waals surface area contributed by atoms with Crippen LogP contribution in [0, 0.1) is 6.92 Å². The lowest BCUT2D eigenvalue weighted by molar-refractivity contribution is 0.0602. The van der Waals surface area contributed by atoms with Crippen LogP contribution >= 0.6 is 0 Å². The smallest absolute Gasteiger partial charge is 0.340 e. The molecule has 4 heteroatoms. The summed E-state index contributed by atoms with van der Waals surface area (Å²) in [6, 6.07) is 5.29. The molecule has 0 aliphatic heterocycles. The van der Waals surface area contributed by atoms with Crippen LogP contribution in [0.1, 0.15) is 15.9 Å². The summed E-state index contributed by atoms with van der Waals surface area (Å²) in [7, 11) is 1.34. The van der Waals surface area contributed by atoms with Crippen molar-refractivity contribution in [1.82, 2.24) is 0 Å². The molecular formula is C9H12N2O2. The van der Waals surface area contributed by atoms with Gasteiger partial charge in [-0.25, -0.2) is 4.79 Å². The molecule has 0 aliphatic carbocycles. The molecule has 0 heterocycles. The van der Waals surface area contributed by atoms with Crippen molar-refractivity contribution in [2.45, 2.75) is 6.92 Å². The molecule has 70 valence electrons. The van der Waals surface area contributed by atoms with Crippen LogP contribution in [0.15, 0.2) is 18.2 Å². The molecule has 4 nitrogen and oxygen atoms in total. The van der Waals surface area contributed by atoms with Crippen LogP contribution in [-0.2, 0) is 4.74 Å². The van der Waals surface area contributed by atoms with Gasteiger partial charge in [0.1, 0.15) is 0 Å². The summed E-state index contributed by atoms with van der Waals surface area (Å²) in [4.78, 5) is 11.2. The molecular weight excluding hydrogens is 168 g/mol. The van der Waals surface area contributed by atoms with Crippen LogP contribution in [0.5, 0.6) is 0 Å². The van der Waals surface area contributed by atoms with E-state index in [-0.39, 0.29) is 0 Å². The van der Waals surface area contributed by atoms with E-state index in [9.17, 15) is 4.79 Å². The van der Waals surface area contributed by atoms with E-state index in [1.54, 1.807) is 12.1 Å². The standard InChI is InChI=1S/C9H12N2O2/c1-6-3-4-7(9(12)13-2)8(5-6)11-10/h3-5,11H,10H2,1-2H3. The summed E-state index contributed by atoms with van der Waals surface area (Å²) in [6.45, 7) is 1.92. The highest BCUT2D eigenvalue weighted by Crippen LogP contribution is 2.16. The lowest BCUT2D eigenvalue weighted by Crippen LogP contribution is -2.13. The third-order valence-electron chi connectivity index (χ3n) is 1.74. The normalized spacial score (nSPS) is 9.46. The summed E-state index contributed by atoms with van der Waals surface area (Å²) in [5.74, 6) is 4.86. The average Bonchev–Trinajstić information content (AvgIpc) is 2.16. The van der Waals surface area contributed by atoms with Gasteiger partial charge in [0.2, 0.25) is 0 Å². The molecule has 1 rings (SSSR count). The zero-order valence-electron chi connectivity index (χ0n) is 7.63. The Morgan fingerprint density at radius 3 is 2.77 bits per heavy atom. The van der Waals surface area contributed by atoms with Crippen molar-refractivity contribution in [3.05, 3.63) is 29.3 Å². The highest BCUT2D eigenvalue weighted by atomic mass is 16.5. The number of methoxy groups -OCH3 is 1. The van der Waals surface area contributed by atoms with E-state index < -0.39 is 5.97 Å². The van der Waals surface area contributed by atoms with Gasteiger partial charge in [-0.05, 0) is 24.6 Å². The van der Waals surface area contributed by atoms with Gasteiger partial charge in [0.15, 0.2) is 0 Å². The highest BCUT2D eigenvalue weighted by Gasteiger charge is 2.10. The Balaban J connectivity index is 3.13. The van der Waals surface area contributed by atoms with E-state index in [4.69, 9.17) is 5.84 Å². The van der Waals surface area contributed by atoms with Crippen molar-refractivity contribution in [2.75, 3.05) is 12.5 Å². The number of nitrogen functional groups attached to an aromatic ring is 1. The van der Waals surface area contributed by atoms with Crippen molar-refractivity contribution in [3.63, 3.8) is 0 Å². The van der Waals surface area contributed by atoms with E-state index in [2.05, 4.69) is 10.2 Å². The van der Waals surface area contributed by atoms with Crippen LogP contribution in [0.2, 0.25) is 0 Å². The Morgan fingerprint density at radius 1 is 1.54 bits per heavy atom. The van der Waals surface area contributed by atoms with Gasteiger partial charge in [-0.3, -0.25) is 5.84 Å². The Hall–Kier alpha value is -1.55. The molecule has 13 heavy (non-hydrogen) atoms. The summed E-state index contributed by atoms with van der Waals surface area (Å²) in [5.41, 5.74) is 4.50. The number of carbonyl (C=O) groups excluding carboxylic acids is 1. The first-order chi connectivity index (χ1) is 6.19. The molecule has 0 saturated heterocycles. The third kappa shape index (κ3) is 1.97. The van der Waals surface area contributed by atoms with Gasteiger partial charge >= 0.3 is 5.97 Å². The minimum atomic E-state index is -0.395. The third-order valence-corrected chi connectivity index (χ3v) is 1.74. The number of nitrogens with two attached hydrogens (primary N) is 1. The number of esters is 1.